The summed E-state index contributed by atoms with van der Waals surface area (Å²) in [6, 6.07) is 9.56. The summed E-state index contributed by atoms with van der Waals surface area (Å²) in [5.41, 5.74) is 4.01. The second kappa shape index (κ2) is 10.4. The number of nitrogens with one attached hydrogen (secondary N) is 1. The summed E-state index contributed by atoms with van der Waals surface area (Å²) in [6.45, 7) is 0.338. The van der Waals surface area contributed by atoms with Gasteiger partial charge in [-0.05, 0) is 43.5 Å². The number of methoxy groups -OCH3 is 2. The largest absolute Gasteiger partial charge is 0.496 e. The van der Waals surface area contributed by atoms with Crippen LogP contribution in [0.4, 0.5) is 5.69 Å². The first-order valence-corrected chi connectivity index (χ1v) is 10.6. The van der Waals surface area contributed by atoms with Crippen molar-refractivity contribution >= 4 is 49.7 Å². The van der Waals surface area contributed by atoms with Crippen LogP contribution in [0, 0.1) is 10.1 Å². The molecule has 0 aliphatic rings. The Morgan fingerprint density at radius 1 is 1.19 bits per heavy atom. The molecule has 166 valence electrons. The molecule has 0 aliphatic heterocycles. The first kappa shape index (κ1) is 23.4. The van der Waals surface area contributed by atoms with E-state index in [1.165, 1.54) is 25.5 Å². The Morgan fingerprint density at radius 2 is 1.88 bits per heavy atom. The number of halogens is 2. The fourth-order valence-corrected chi connectivity index (χ4v) is 3.76. The highest BCUT2D eigenvalue weighted by molar-refractivity contribution is 9.10. The summed E-state index contributed by atoms with van der Waals surface area (Å²) in [7, 11) is 3.07. The fraction of sp³-hybridized carbons (Fsp3) is 0.150. The van der Waals surface area contributed by atoms with Gasteiger partial charge in [-0.2, -0.15) is 10.2 Å². The molecule has 12 heteroatoms. The molecular formula is C20H17Br2N5O5. The molecule has 32 heavy (non-hydrogen) atoms. The topological polar surface area (TPSA) is 121 Å². The van der Waals surface area contributed by atoms with Crippen LogP contribution in [0.15, 0.2) is 56.6 Å². The van der Waals surface area contributed by atoms with Crippen molar-refractivity contribution in [1.82, 2.24) is 15.2 Å². The second-order valence-corrected chi connectivity index (χ2v) is 8.08. The number of carbonyl (C=O) groups is 1. The van der Waals surface area contributed by atoms with Crippen molar-refractivity contribution < 1.29 is 19.2 Å². The normalized spacial score (nSPS) is 10.9. The van der Waals surface area contributed by atoms with Gasteiger partial charge in [-0.1, -0.05) is 12.1 Å². The van der Waals surface area contributed by atoms with Crippen molar-refractivity contribution in [3.05, 3.63) is 78.5 Å². The van der Waals surface area contributed by atoms with E-state index in [1.807, 2.05) is 0 Å². The zero-order valence-corrected chi connectivity index (χ0v) is 20.1. The highest BCUT2D eigenvalue weighted by atomic mass is 79.9. The minimum absolute atomic E-state index is 0.00819. The number of nitro groups is 1. The Balaban J connectivity index is 1.69. The SMILES string of the molecule is COc1cc(OC)c(/C=N\NC(=O)c2nn(Cc3ccc([N+](=O)[O-])cc3)cc2Br)cc1Br. The van der Waals surface area contributed by atoms with Gasteiger partial charge in [-0.3, -0.25) is 19.6 Å². The molecule has 0 saturated carbocycles. The molecule has 0 radical (unpaired) electrons. The van der Waals surface area contributed by atoms with Crippen LogP contribution in [0.5, 0.6) is 11.5 Å². The van der Waals surface area contributed by atoms with Gasteiger partial charge in [0.15, 0.2) is 5.69 Å². The number of non-ortho nitro benzene ring substituents is 1. The van der Waals surface area contributed by atoms with Crippen molar-refractivity contribution in [1.29, 1.82) is 0 Å². The highest BCUT2D eigenvalue weighted by Crippen LogP contribution is 2.32. The molecule has 2 aromatic carbocycles. The molecule has 1 amide bonds. The molecule has 0 spiro atoms. The average molecular weight is 567 g/mol. The third-order valence-electron chi connectivity index (χ3n) is 4.30. The summed E-state index contributed by atoms with van der Waals surface area (Å²) in [6.07, 6.45) is 3.09. The van der Waals surface area contributed by atoms with E-state index in [4.69, 9.17) is 9.47 Å². The molecule has 0 saturated heterocycles. The third-order valence-corrected chi connectivity index (χ3v) is 5.50. The van der Waals surface area contributed by atoms with Crippen LogP contribution in [0.2, 0.25) is 0 Å². The number of hydrogen-bond donors (Lipinski definition) is 1. The van der Waals surface area contributed by atoms with E-state index in [2.05, 4.69) is 47.5 Å². The first-order chi connectivity index (χ1) is 15.3. The Kier molecular flexibility index (Phi) is 7.59. The van der Waals surface area contributed by atoms with E-state index in [1.54, 1.807) is 42.3 Å². The Labute approximate surface area is 199 Å². The quantitative estimate of drug-likeness (QED) is 0.248. The van der Waals surface area contributed by atoms with Gasteiger partial charge in [0.05, 0.1) is 40.8 Å². The minimum atomic E-state index is -0.512. The van der Waals surface area contributed by atoms with Gasteiger partial charge in [-0.25, -0.2) is 5.43 Å². The third kappa shape index (κ3) is 5.51. The van der Waals surface area contributed by atoms with E-state index in [9.17, 15) is 14.9 Å². The lowest BCUT2D eigenvalue weighted by Crippen LogP contribution is -2.19. The molecule has 1 aromatic heterocycles. The van der Waals surface area contributed by atoms with Crippen molar-refractivity contribution in [2.45, 2.75) is 6.54 Å². The molecule has 0 aliphatic carbocycles. The maximum Gasteiger partial charge on any atom is 0.293 e. The number of hydrogen-bond acceptors (Lipinski definition) is 7. The lowest BCUT2D eigenvalue weighted by atomic mass is 10.2. The average Bonchev–Trinajstić information content (AvgIpc) is 3.14. The minimum Gasteiger partial charge on any atom is -0.496 e. The predicted octanol–water partition coefficient (Wildman–Crippen LogP) is 4.15. The molecule has 0 atom stereocenters. The zero-order chi connectivity index (χ0) is 23.3. The summed E-state index contributed by atoms with van der Waals surface area (Å²) in [5.74, 6) is 0.615. The molecule has 10 nitrogen and oxygen atoms in total. The number of rotatable bonds is 8. The van der Waals surface area contributed by atoms with Gasteiger partial charge in [0.1, 0.15) is 11.5 Å². The molecule has 0 bridgehead atoms. The summed E-state index contributed by atoms with van der Waals surface area (Å²) < 4.78 is 13.3. The van der Waals surface area contributed by atoms with Gasteiger partial charge in [0.25, 0.3) is 11.6 Å². The van der Waals surface area contributed by atoms with Crippen molar-refractivity contribution in [2.24, 2.45) is 5.10 Å². The molecule has 3 aromatic rings. The molecule has 1 N–H and O–H groups in total. The van der Waals surface area contributed by atoms with Gasteiger partial charge in [0.2, 0.25) is 0 Å². The number of nitrogens with zero attached hydrogens (tertiary/aromatic N) is 4. The molecule has 0 unspecified atom stereocenters. The van der Waals surface area contributed by atoms with Gasteiger partial charge >= 0.3 is 0 Å². The lowest BCUT2D eigenvalue weighted by molar-refractivity contribution is -0.384. The number of ether oxygens (including phenoxy) is 2. The smallest absolute Gasteiger partial charge is 0.293 e. The molecular weight excluding hydrogens is 550 g/mol. The van der Waals surface area contributed by atoms with Crippen LogP contribution in [0.3, 0.4) is 0 Å². The van der Waals surface area contributed by atoms with Crippen LogP contribution < -0.4 is 14.9 Å². The number of amides is 1. The van der Waals surface area contributed by atoms with Gasteiger partial charge < -0.3 is 9.47 Å². The summed E-state index contributed by atoms with van der Waals surface area (Å²) >= 11 is 6.72. The van der Waals surface area contributed by atoms with Crippen molar-refractivity contribution in [3.63, 3.8) is 0 Å². The standard InChI is InChI=1S/C20H17Br2N5O5/c1-31-17-8-18(32-2)15(21)7-13(17)9-23-24-20(28)19-16(22)11-26(25-19)10-12-3-5-14(6-4-12)27(29)30/h3-9,11H,10H2,1-2H3,(H,24,28)/b23-9-. The predicted molar refractivity (Wildman–Crippen MR) is 124 cm³/mol. The lowest BCUT2D eigenvalue weighted by Gasteiger charge is -2.09. The van der Waals surface area contributed by atoms with Crippen molar-refractivity contribution in [3.8, 4) is 11.5 Å². The van der Waals surface area contributed by atoms with Gasteiger partial charge in [0, 0.05) is 30.0 Å². The number of nitro benzene ring substituents is 1. The molecule has 0 fully saturated rings. The molecule has 3 rings (SSSR count). The fourth-order valence-electron chi connectivity index (χ4n) is 2.74. The Morgan fingerprint density at radius 3 is 2.50 bits per heavy atom. The number of aromatic nitrogens is 2. The van der Waals surface area contributed by atoms with Crippen LogP contribution in [-0.4, -0.2) is 41.0 Å². The second-order valence-electron chi connectivity index (χ2n) is 6.37. The number of benzene rings is 2. The molecule has 1 heterocycles. The number of carbonyl (C=O) groups excluding carboxylic acids is 1. The maximum atomic E-state index is 12.5. The van der Waals surface area contributed by atoms with Crippen LogP contribution >= 0.6 is 31.9 Å². The summed E-state index contributed by atoms with van der Waals surface area (Å²) in [4.78, 5) is 22.8. The van der Waals surface area contributed by atoms with Crippen LogP contribution in [0.25, 0.3) is 0 Å². The van der Waals surface area contributed by atoms with E-state index >= 15 is 0 Å². The van der Waals surface area contributed by atoms with Crippen molar-refractivity contribution in [2.75, 3.05) is 14.2 Å². The zero-order valence-electron chi connectivity index (χ0n) is 16.9. The monoisotopic (exact) mass is 565 g/mol. The summed E-state index contributed by atoms with van der Waals surface area (Å²) in [5, 5.41) is 19.0. The maximum absolute atomic E-state index is 12.5. The van der Waals surface area contributed by atoms with E-state index in [0.717, 1.165) is 5.56 Å². The van der Waals surface area contributed by atoms with E-state index < -0.39 is 10.8 Å². The van der Waals surface area contributed by atoms with Gasteiger partial charge in [-0.15, -0.1) is 0 Å². The Bertz CT molecular complexity index is 1180. The highest BCUT2D eigenvalue weighted by Gasteiger charge is 2.15. The van der Waals surface area contributed by atoms with Crippen LogP contribution in [0.1, 0.15) is 21.6 Å². The van der Waals surface area contributed by atoms with E-state index in [-0.39, 0.29) is 11.4 Å². The first-order valence-electron chi connectivity index (χ1n) is 9.03. The van der Waals surface area contributed by atoms with Crippen LogP contribution in [-0.2, 0) is 6.54 Å². The Hall–Kier alpha value is -3.25. The van der Waals surface area contributed by atoms with E-state index in [0.29, 0.717) is 32.6 Å². The number of hydrazone groups is 1.